The average Bonchev–Trinajstić information content (AvgIpc) is 2.25. The van der Waals surface area contributed by atoms with Gasteiger partial charge in [0.05, 0.1) is 6.61 Å². The van der Waals surface area contributed by atoms with E-state index in [1.165, 1.54) is 6.92 Å². The van der Waals surface area contributed by atoms with Crippen LogP contribution in [0, 0.1) is 0 Å². The van der Waals surface area contributed by atoms with Crippen molar-refractivity contribution < 1.29 is 29.2 Å². The monoisotopic (exact) mass is 261 g/mol. The maximum atomic E-state index is 11.0. The Hall–Kier alpha value is -0.730. The Kier molecular flexibility index (Phi) is 3.61. The molecule has 18 heavy (non-hydrogen) atoms. The van der Waals surface area contributed by atoms with E-state index in [1.54, 1.807) is 13.8 Å². The van der Waals surface area contributed by atoms with Crippen LogP contribution in [0.15, 0.2) is 0 Å². The molecule has 2 heterocycles. The van der Waals surface area contributed by atoms with Crippen molar-refractivity contribution in [1.82, 2.24) is 5.32 Å². The van der Waals surface area contributed by atoms with Gasteiger partial charge in [0.2, 0.25) is 5.91 Å². The third-order valence-electron chi connectivity index (χ3n) is 3.08. The van der Waals surface area contributed by atoms with Crippen molar-refractivity contribution in [2.75, 3.05) is 6.61 Å². The lowest BCUT2D eigenvalue weighted by molar-refractivity contribution is -0.364. The van der Waals surface area contributed by atoms with Crippen LogP contribution in [0.3, 0.4) is 0 Å². The van der Waals surface area contributed by atoms with Gasteiger partial charge in [0.15, 0.2) is 12.1 Å². The van der Waals surface area contributed by atoms with Gasteiger partial charge in [0, 0.05) is 6.92 Å². The molecule has 2 fully saturated rings. The third kappa shape index (κ3) is 2.65. The number of carbonyl (C=O) groups excluding carboxylic acids is 1. The molecule has 7 nitrogen and oxygen atoms in total. The molecule has 1 unspecified atom stereocenters. The molecule has 2 rings (SSSR count). The Morgan fingerprint density at radius 3 is 2.67 bits per heavy atom. The van der Waals surface area contributed by atoms with Crippen molar-refractivity contribution in [3.63, 3.8) is 0 Å². The van der Waals surface area contributed by atoms with Gasteiger partial charge in [-0.25, -0.2) is 0 Å². The molecule has 1 amide bonds. The van der Waals surface area contributed by atoms with E-state index in [0.717, 1.165) is 0 Å². The van der Waals surface area contributed by atoms with Crippen molar-refractivity contribution >= 4 is 5.91 Å². The zero-order chi connectivity index (χ0) is 13.5. The molecule has 5 atom stereocenters. The van der Waals surface area contributed by atoms with Crippen molar-refractivity contribution in [2.45, 2.75) is 57.2 Å². The highest BCUT2D eigenvalue weighted by Gasteiger charge is 2.50. The van der Waals surface area contributed by atoms with Gasteiger partial charge in [-0.05, 0) is 13.8 Å². The van der Waals surface area contributed by atoms with Gasteiger partial charge >= 0.3 is 0 Å². The molecule has 2 aliphatic rings. The predicted octanol–water partition coefficient (Wildman–Crippen LogP) is -1.28. The van der Waals surface area contributed by atoms with Crippen molar-refractivity contribution in [3.05, 3.63) is 0 Å². The summed E-state index contributed by atoms with van der Waals surface area (Å²) in [7, 11) is 0. The zero-order valence-corrected chi connectivity index (χ0v) is 10.6. The summed E-state index contributed by atoms with van der Waals surface area (Å²) >= 11 is 0. The number of ether oxygens (including phenoxy) is 3. The van der Waals surface area contributed by atoms with Crippen LogP contribution in [0.5, 0.6) is 0 Å². The lowest BCUT2D eigenvalue weighted by Crippen LogP contribution is -2.67. The number of aliphatic hydroxyl groups excluding tert-OH is 2. The normalized spacial score (nSPS) is 43.1. The van der Waals surface area contributed by atoms with Crippen LogP contribution in [0.1, 0.15) is 20.8 Å². The van der Waals surface area contributed by atoms with E-state index < -0.39 is 36.4 Å². The molecule has 7 heteroatoms. The number of amides is 1. The minimum Gasteiger partial charge on any atom is -0.388 e. The fourth-order valence-electron chi connectivity index (χ4n) is 2.25. The standard InChI is InChI=1S/C11H19NO6/c1-5(13)12-7-8(14)9-6(17-10(7)15)4-16-11(2,3)18-9/h6-10,14-15H,4H2,1-3H3,(H,12,13)/t6-,7-,8-,9-,10?/m1/s1. The molecule has 0 aromatic heterocycles. The van der Waals surface area contributed by atoms with E-state index in [2.05, 4.69) is 5.32 Å². The summed E-state index contributed by atoms with van der Waals surface area (Å²) < 4.78 is 16.3. The first-order valence-corrected chi connectivity index (χ1v) is 5.90. The zero-order valence-electron chi connectivity index (χ0n) is 10.6. The minimum atomic E-state index is -1.28. The maximum absolute atomic E-state index is 11.0. The van der Waals surface area contributed by atoms with Gasteiger partial charge in [0.1, 0.15) is 24.4 Å². The second-order valence-electron chi connectivity index (χ2n) is 5.08. The number of aliphatic hydroxyl groups is 2. The first kappa shape index (κ1) is 13.7. The van der Waals surface area contributed by atoms with Gasteiger partial charge < -0.3 is 29.7 Å². The molecular formula is C11H19NO6. The summed E-state index contributed by atoms with van der Waals surface area (Å²) in [6.45, 7) is 4.99. The van der Waals surface area contributed by atoms with Crippen molar-refractivity contribution in [3.8, 4) is 0 Å². The molecule has 0 saturated carbocycles. The smallest absolute Gasteiger partial charge is 0.217 e. The Bertz CT molecular complexity index is 333. The van der Waals surface area contributed by atoms with Crippen LogP contribution < -0.4 is 5.32 Å². The second-order valence-corrected chi connectivity index (χ2v) is 5.08. The van der Waals surface area contributed by atoms with E-state index in [0.29, 0.717) is 0 Å². The second kappa shape index (κ2) is 4.75. The Morgan fingerprint density at radius 2 is 2.06 bits per heavy atom. The molecule has 0 aliphatic carbocycles. The van der Waals surface area contributed by atoms with Crippen LogP contribution in [-0.4, -0.2) is 59.2 Å². The van der Waals surface area contributed by atoms with Crippen LogP contribution in [0.25, 0.3) is 0 Å². The van der Waals surface area contributed by atoms with E-state index in [-0.39, 0.29) is 12.5 Å². The highest BCUT2D eigenvalue weighted by atomic mass is 16.7. The lowest BCUT2D eigenvalue weighted by atomic mass is 9.95. The molecule has 0 spiro atoms. The van der Waals surface area contributed by atoms with E-state index in [1.807, 2.05) is 0 Å². The fourth-order valence-corrected chi connectivity index (χ4v) is 2.25. The fraction of sp³-hybridized carbons (Fsp3) is 0.909. The van der Waals surface area contributed by atoms with Gasteiger partial charge in [-0.2, -0.15) is 0 Å². The highest BCUT2D eigenvalue weighted by molar-refractivity contribution is 5.73. The SMILES string of the molecule is CC(=O)N[C@H]1C(O)O[C@@H]2COC(C)(C)O[C@H]2[C@@H]1O. The van der Waals surface area contributed by atoms with E-state index in [9.17, 15) is 15.0 Å². The predicted molar refractivity (Wildman–Crippen MR) is 59.4 cm³/mol. The first-order chi connectivity index (χ1) is 8.30. The van der Waals surface area contributed by atoms with E-state index >= 15 is 0 Å². The molecule has 0 radical (unpaired) electrons. The molecular weight excluding hydrogens is 242 g/mol. The maximum Gasteiger partial charge on any atom is 0.217 e. The highest BCUT2D eigenvalue weighted by Crippen LogP contribution is 2.31. The summed E-state index contributed by atoms with van der Waals surface area (Å²) in [4.78, 5) is 11.0. The summed E-state index contributed by atoms with van der Waals surface area (Å²) in [6, 6.07) is -0.905. The number of nitrogens with one attached hydrogen (secondary N) is 1. The quantitative estimate of drug-likeness (QED) is 0.544. The summed E-state index contributed by atoms with van der Waals surface area (Å²) in [5, 5.41) is 22.4. The van der Waals surface area contributed by atoms with Gasteiger partial charge in [-0.3, -0.25) is 4.79 Å². The number of rotatable bonds is 1. The average molecular weight is 261 g/mol. The molecule has 0 aromatic rings. The summed E-state index contributed by atoms with van der Waals surface area (Å²) in [5.74, 6) is -1.18. The Balaban J connectivity index is 2.12. The van der Waals surface area contributed by atoms with Crippen LogP contribution in [0.4, 0.5) is 0 Å². The van der Waals surface area contributed by atoms with Gasteiger partial charge in [0.25, 0.3) is 0 Å². The summed E-state index contributed by atoms with van der Waals surface area (Å²) in [5.41, 5.74) is 0. The van der Waals surface area contributed by atoms with Crippen LogP contribution >= 0.6 is 0 Å². The first-order valence-electron chi connectivity index (χ1n) is 5.90. The lowest BCUT2D eigenvalue weighted by Gasteiger charge is -2.48. The van der Waals surface area contributed by atoms with Crippen molar-refractivity contribution in [2.24, 2.45) is 0 Å². The van der Waals surface area contributed by atoms with Gasteiger partial charge in [-0.1, -0.05) is 0 Å². The molecule has 0 bridgehead atoms. The Labute approximate surface area is 105 Å². The number of hydrogen-bond acceptors (Lipinski definition) is 6. The van der Waals surface area contributed by atoms with E-state index in [4.69, 9.17) is 14.2 Å². The number of fused-ring (bicyclic) bond motifs is 1. The number of hydrogen-bond donors (Lipinski definition) is 3. The van der Waals surface area contributed by atoms with Crippen LogP contribution in [0.2, 0.25) is 0 Å². The third-order valence-corrected chi connectivity index (χ3v) is 3.08. The summed E-state index contributed by atoms with van der Waals surface area (Å²) in [6.07, 6.45) is -3.52. The minimum absolute atomic E-state index is 0.221. The topological polar surface area (TPSA) is 97.3 Å². The molecule has 3 N–H and O–H groups in total. The molecule has 2 aliphatic heterocycles. The van der Waals surface area contributed by atoms with Gasteiger partial charge in [-0.15, -0.1) is 0 Å². The molecule has 104 valence electrons. The number of carbonyl (C=O) groups is 1. The molecule has 0 aromatic carbocycles. The Morgan fingerprint density at radius 1 is 1.39 bits per heavy atom. The van der Waals surface area contributed by atoms with Crippen molar-refractivity contribution in [1.29, 1.82) is 0 Å². The molecule has 2 saturated heterocycles. The largest absolute Gasteiger partial charge is 0.388 e. The van der Waals surface area contributed by atoms with Crippen LogP contribution in [-0.2, 0) is 19.0 Å².